The quantitative estimate of drug-likeness (QED) is 0.809. The van der Waals surface area contributed by atoms with Crippen molar-refractivity contribution >= 4 is 0 Å². The summed E-state index contributed by atoms with van der Waals surface area (Å²) < 4.78 is 5.87. The molecule has 1 saturated carbocycles. The van der Waals surface area contributed by atoms with E-state index in [-0.39, 0.29) is 0 Å². The zero-order valence-corrected chi connectivity index (χ0v) is 8.91. The molecule has 1 unspecified atom stereocenters. The van der Waals surface area contributed by atoms with Gasteiger partial charge in [0.2, 0.25) is 0 Å². The number of hydrogen-bond acceptors (Lipinski definition) is 2. The van der Waals surface area contributed by atoms with E-state index in [0.717, 1.165) is 31.2 Å². The lowest BCUT2D eigenvalue weighted by atomic mass is 10.1. The minimum atomic E-state index is 0.397. The molecule has 0 spiro atoms. The van der Waals surface area contributed by atoms with Gasteiger partial charge in [0.15, 0.2) is 0 Å². The van der Waals surface area contributed by atoms with Crippen LogP contribution in [0.25, 0.3) is 0 Å². The fourth-order valence-corrected chi connectivity index (χ4v) is 2.15. The highest BCUT2D eigenvalue weighted by atomic mass is 16.5. The Morgan fingerprint density at radius 1 is 1.27 bits per heavy atom. The number of ether oxygens (including phenoxy) is 1. The monoisotopic (exact) mass is 203 g/mol. The van der Waals surface area contributed by atoms with E-state index in [9.17, 15) is 0 Å². The first kappa shape index (κ1) is 9.22. The minimum Gasteiger partial charge on any atom is -0.490 e. The number of rotatable bonds is 4. The number of benzene rings is 1. The van der Waals surface area contributed by atoms with Crippen molar-refractivity contribution < 1.29 is 4.74 Å². The van der Waals surface area contributed by atoms with Crippen molar-refractivity contribution in [3.8, 4) is 5.75 Å². The van der Waals surface area contributed by atoms with Gasteiger partial charge in [-0.15, -0.1) is 0 Å². The molecule has 0 radical (unpaired) electrons. The predicted octanol–water partition coefficient (Wildman–Crippen LogP) is 2.13. The molecule has 2 nitrogen and oxygen atoms in total. The van der Waals surface area contributed by atoms with Gasteiger partial charge in [-0.2, -0.15) is 0 Å². The summed E-state index contributed by atoms with van der Waals surface area (Å²) in [6, 6.07) is 9.19. The Bertz CT molecular complexity index is 321. The molecule has 0 saturated heterocycles. The number of hydrogen-bond donors (Lipinski definition) is 1. The Balaban J connectivity index is 1.50. The molecular weight excluding hydrogens is 186 g/mol. The smallest absolute Gasteiger partial charge is 0.123 e. The van der Waals surface area contributed by atoms with Crippen molar-refractivity contribution in [2.45, 2.75) is 37.8 Å². The van der Waals surface area contributed by atoms with Crippen LogP contribution < -0.4 is 10.1 Å². The summed E-state index contributed by atoms with van der Waals surface area (Å²) in [6.45, 7) is 1.10. The number of nitrogens with one attached hydrogen (secondary N) is 1. The summed E-state index contributed by atoms with van der Waals surface area (Å²) in [7, 11) is 0. The zero-order valence-electron chi connectivity index (χ0n) is 8.91. The van der Waals surface area contributed by atoms with Crippen LogP contribution in [0.15, 0.2) is 24.3 Å². The zero-order chi connectivity index (χ0) is 10.1. The third-order valence-electron chi connectivity index (χ3n) is 3.19. The molecule has 2 aliphatic rings. The molecule has 1 N–H and O–H groups in total. The van der Waals surface area contributed by atoms with Crippen LogP contribution in [0.4, 0.5) is 0 Å². The Kier molecular flexibility index (Phi) is 2.37. The maximum Gasteiger partial charge on any atom is 0.123 e. The topological polar surface area (TPSA) is 21.3 Å². The van der Waals surface area contributed by atoms with E-state index >= 15 is 0 Å². The van der Waals surface area contributed by atoms with Gasteiger partial charge in [-0.3, -0.25) is 0 Å². The normalized spacial score (nSPS) is 23.6. The number of para-hydroxylation sites is 1. The molecule has 80 valence electrons. The first-order valence-electron chi connectivity index (χ1n) is 5.90. The minimum absolute atomic E-state index is 0.397. The van der Waals surface area contributed by atoms with Gasteiger partial charge in [-0.25, -0.2) is 0 Å². The maximum absolute atomic E-state index is 5.87. The van der Waals surface area contributed by atoms with Crippen molar-refractivity contribution in [2.75, 3.05) is 6.54 Å². The van der Waals surface area contributed by atoms with Crippen LogP contribution >= 0.6 is 0 Å². The lowest BCUT2D eigenvalue weighted by Crippen LogP contribution is -2.24. The van der Waals surface area contributed by atoms with E-state index in [4.69, 9.17) is 4.74 Å². The largest absolute Gasteiger partial charge is 0.490 e. The second-order valence-corrected chi connectivity index (χ2v) is 4.57. The lowest BCUT2D eigenvalue weighted by Gasteiger charge is -2.10. The van der Waals surface area contributed by atoms with Crippen molar-refractivity contribution in [2.24, 2.45) is 0 Å². The Morgan fingerprint density at radius 3 is 2.93 bits per heavy atom. The van der Waals surface area contributed by atoms with Crippen molar-refractivity contribution in [1.29, 1.82) is 0 Å². The molecule has 15 heavy (non-hydrogen) atoms. The third-order valence-corrected chi connectivity index (χ3v) is 3.19. The van der Waals surface area contributed by atoms with Gasteiger partial charge in [-0.1, -0.05) is 18.2 Å². The molecule has 1 aliphatic carbocycles. The van der Waals surface area contributed by atoms with Gasteiger partial charge in [0.1, 0.15) is 11.9 Å². The van der Waals surface area contributed by atoms with E-state index < -0.39 is 0 Å². The first-order valence-corrected chi connectivity index (χ1v) is 5.90. The molecule has 1 atom stereocenters. The second kappa shape index (κ2) is 3.86. The van der Waals surface area contributed by atoms with Gasteiger partial charge < -0.3 is 10.1 Å². The van der Waals surface area contributed by atoms with E-state index in [0.29, 0.717) is 6.10 Å². The third kappa shape index (κ3) is 2.15. The molecule has 3 rings (SSSR count). The molecule has 1 fully saturated rings. The van der Waals surface area contributed by atoms with Crippen LogP contribution in [0, 0.1) is 0 Å². The molecule has 1 aliphatic heterocycles. The van der Waals surface area contributed by atoms with Crippen LogP contribution in [0.1, 0.15) is 24.8 Å². The summed E-state index contributed by atoms with van der Waals surface area (Å²) in [5, 5.41) is 3.53. The first-order chi connectivity index (χ1) is 7.42. The lowest BCUT2D eigenvalue weighted by molar-refractivity contribution is 0.220. The summed E-state index contributed by atoms with van der Waals surface area (Å²) >= 11 is 0. The summed E-state index contributed by atoms with van der Waals surface area (Å²) in [5.41, 5.74) is 1.37. The van der Waals surface area contributed by atoms with Crippen molar-refractivity contribution in [3.63, 3.8) is 0 Å². The molecule has 0 bridgehead atoms. The molecule has 1 aromatic carbocycles. The van der Waals surface area contributed by atoms with Crippen LogP contribution in [0.3, 0.4) is 0 Å². The summed E-state index contributed by atoms with van der Waals surface area (Å²) in [6.07, 6.45) is 5.35. The summed E-state index contributed by atoms with van der Waals surface area (Å²) in [4.78, 5) is 0. The highest BCUT2D eigenvalue weighted by molar-refractivity contribution is 5.37. The van der Waals surface area contributed by atoms with Crippen LogP contribution in [0.2, 0.25) is 0 Å². The average Bonchev–Trinajstić information content (AvgIpc) is 2.97. The summed E-state index contributed by atoms with van der Waals surface area (Å²) in [5.74, 6) is 1.09. The van der Waals surface area contributed by atoms with Crippen molar-refractivity contribution in [3.05, 3.63) is 29.8 Å². The van der Waals surface area contributed by atoms with Gasteiger partial charge in [0.25, 0.3) is 0 Å². The van der Waals surface area contributed by atoms with E-state index in [1.54, 1.807) is 0 Å². The molecule has 1 aromatic rings. The molecule has 1 heterocycles. The van der Waals surface area contributed by atoms with Crippen LogP contribution in [-0.4, -0.2) is 18.7 Å². The fourth-order valence-electron chi connectivity index (χ4n) is 2.15. The Morgan fingerprint density at radius 2 is 2.13 bits per heavy atom. The molecule has 0 amide bonds. The van der Waals surface area contributed by atoms with Gasteiger partial charge in [-0.05, 0) is 37.4 Å². The highest BCUT2D eigenvalue weighted by Gasteiger charge is 2.24. The standard InChI is InChI=1S/C13H17NO/c1-2-4-13-10(3-1)9-12(15-13)7-8-14-11-5-6-11/h1-4,11-12,14H,5-9H2. The average molecular weight is 203 g/mol. The van der Waals surface area contributed by atoms with E-state index in [1.807, 2.05) is 6.07 Å². The fraction of sp³-hybridized carbons (Fsp3) is 0.538. The van der Waals surface area contributed by atoms with Gasteiger partial charge >= 0.3 is 0 Å². The number of fused-ring (bicyclic) bond motifs is 1. The SMILES string of the molecule is c1ccc2c(c1)CC(CCNC1CC1)O2. The molecule has 0 aromatic heterocycles. The second-order valence-electron chi connectivity index (χ2n) is 4.57. The molecular formula is C13H17NO. The van der Waals surface area contributed by atoms with Crippen LogP contribution in [0.5, 0.6) is 5.75 Å². The highest BCUT2D eigenvalue weighted by Crippen LogP contribution is 2.29. The van der Waals surface area contributed by atoms with E-state index in [2.05, 4.69) is 23.5 Å². The predicted molar refractivity (Wildman–Crippen MR) is 60.2 cm³/mol. The molecule has 2 heteroatoms. The van der Waals surface area contributed by atoms with Crippen molar-refractivity contribution in [1.82, 2.24) is 5.32 Å². The Hall–Kier alpha value is -1.02. The van der Waals surface area contributed by atoms with Gasteiger partial charge in [0.05, 0.1) is 0 Å². The van der Waals surface area contributed by atoms with E-state index in [1.165, 1.54) is 18.4 Å². The van der Waals surface area contributed by atoms with Crippen LogP contribution in [-0.2, 0) is 6.42 Å². The maximum atomic E-state index is 5.87. The van der Waals surface area contributed by atoms with Gasteiger partial charge in [0, 0.05) is 12.5 Å². The Labute approximate surface area is 90.6 Å².